The van der Waals surface area contributed by atoms with Gasteiger partial charge in [0.1, 0.15) is 0 Å². The normalized spacial score (nSPS) is 10.9. The number of carbonyl (C=O) groups excluding carboxylic acids is 1. The van der Waals surface area contributed by atoms with Crippen molar-refractivity contribution in [3.63, 3.8) is 0 Å². The molecule has 20 heavy (non-hydrogen) atoms. The first-order chi connectivity index (χ1) is 9.63. The van der Waals surface area contributed by atoms with Gasteiger partial charge in [0.25, 0.3) is 0 Å². The summed E-state index contributed by atoms with van der Waals surface area (Å²) in [7, 11) is 0. The maximum atomic E-state index is 12.3. The molecule has 0 saturated carbocycles. The summed E-state index contributed by atoms with van der Waals surface area (Å²) in [6.45, 7) is 1.99. The fourth-order valence-corrected chi connectivity index (χ4v) is 3.53. The van der Waals surface area contributed by atoms with Gasteiger partial charge in [-0.3, -0.25) is 9.78 Å². The Labute approximate surface area is 129 Å². The Balaban J connectivity index is 1.87. The topological polar surface area (TPSA) is 30.0 Å². The summed E-state index contributed by atoms with van der Waals surface area (Å²) in [5.41, 5.74) is 2.85. The molecule has 0 N–H and O–H groups in total. The first kappa shape index (κ1) is 13.5. The van der Waals surface area contributed by atoms with Crippen molar-refractivity contribution in [3.8, 4) is 0 Å². The summed E-state index contributed by atoms with van der Waals surface area (Å²) in [5, 5.41) is 1.10. The van der Waals surface area contributed by atoms with Gasteiger partial charge >= 0.3 is 0 Å². The Morgan fingerprint density at radius 3 is 2.80 bits per heavy atom. The minimum absolute atomic E-state index is 0.117. The van der Waals surface area contributed by atoms with E-state index in [0.717, 1.165) is 30.8 Å². The van der Waals surface area contributed by atoms with E-state index in [0.29, 0.717) is 6.42 Å². The molecule has 1 aromatic carbocycles. The molecule has 4 heteroatoms. The number of ketones is 1. The first-order valence-electron chi connectivity index (χ1n) is 6.27. The standard InChI is InChI=1S/C16H12BrNOS/c1-10-8-15(20-16(10)17)14(19)9-12-7-6-11-4-2-3-5-13(11)18-12/h2-8H,9H2,1H3. The van der Waals surface area contributed by atoms with Crippen LogP contribution in [-0.2, 0) is 6.42 Å². The van der Waals surface area contributed by atoms with Crippen molar-refractivity contribution in [2.45, 2.75) is 13.3 Å². The van der Waals surface area contributed by atoms with Crippen LogP contribution in [0, 0.1) is 6.92 Å². The molecule has 0 aliphatic heterocycles. The summed E-state index contributed by atoms with van der Waals surface area (Å²) in [4.78, 5) is 17.6. The van der Waals surface area contributed by atoms with Crippen LogP contribution in [0.25, 0.3) is 10.9 Å². The van der Waals surface area contributed by atoms with Gasteiger partial charge in [0.15, 0.2) is 5.78 Å². The third-order valence-electron chi connectivity index (χ3n) is 3.13. The number of Topliss-reactive ketones (excluding diaryl/α,β-unsaturated/α-hetero) is 1. The molecule has 0 aliphatic carbocycles. The molecule has 0 amide bonds. The van der Waals surface area contributed by atoms with Crippen molar-refractivity contribution in [2.75, 3.05) is 0 Å². The van der Waals surface area contributed by atoms with Crippen LogP contribution in [0.1, 0.15) is 20.9 Å². The van der Waals surface area contributed by atoms with E-state index in [-0.39, 0.29) is 5.78 Å². The molecule has 0 aliphatic rings. The van der Waals surface area contributed by atoms with Crippen molar-refractivity contribution in [1.82, 2.24) is 4.98 Å². The zero-order valence-corrected chi connectivity index (χ0v) is 13.3. The van der Waals surface area contributed by atoms with E-state index in [2.05, 4.69) is 20.9 Å². The summed E-state index contributed by atoms with van der Waals surface area (Å²) in [5.74, 6) is 0.117. The van der Waals surface area contributed by atoms with Crippen molar-refractivity contribution in [2.24, 2.45) is 0 Å². The second-order valence-corrected chi connectivity index (χ2v) is 7.03. The lowest BCUT2D eigenvalue weighted by Crippen LogP contribution is -2.03. The van der Waals surface area contributed by atoms with Crippen LogP contribution in [-0.4, -0.2) is 10.8 Å². The van der Waals surface area contributed by atoms with Gasteiger partial charge in [-0.25, -0.2) is 0 Å². The van der Waals surface area contributed by atoms with Gasteiger partial charge in [0, 0.05) is 11.1 Å². The van der Waals surface area contributed by atoms with Crippen molar-refractivity contribution in [3.05, 3.63) is 62.4 Å². The Hall–Kier alpha value is -1.52. The number of aryl methyl sites for hydroxylation is 1. The van der Waals surface area contributed by atoms with E-state index >= 15 is 0 Å². The lowest BCUT2D eigenvalue weighted by Gasteiger charge is -2.01. The summed E-state index contributed by atoms with van der Waals surface area (Å²) >= 11 is 4.94. The third kappa shape index (κ3) is 2.67. The molecule has 100 valence electrons. The summed E-state index contributed by atoms with van der Waals surface area (Å²) < 4.78 is 1.02. The molecule has 0 radical (unpaired) electrons. The fraction of sp³-hybridized carbons (Fsp3) is 0.125. The maximum Gasteiger partial charge on any atom is 0.178 e. The van der Waals surface area contributed by atoms with E-state index in [4.69, 9.17) is 0 Å². The summed E-state index contributed by atoms with van der Waals surface area (Å²) in [6, 6.07) is 13.8. The number of hydrogen-bond acceptors (Lipinski definition) is 3. The van der Waals surface area contributed by atoms with E-state index in [9.17, 15) is 4.79 Å². The number of halogens is 1. The zero-order valence-electron chi connectivity index (χ0n) is 10.9. The predicted octanol–water partition coefficient (Wildman–Crippen LogP) is 4.79. The number of carbonyl (C=O) groups is 1. The van der Waals surface area contributed by atoms with Gasteiger partial charge < -0.3 is 0 Å². The number of aromatic nitrogens is 1. The van der Waals surface area contributed by atoms with Crippen LogP contribution in [0.2, 0.25) is 0 Å². The molecule has 0 atom stereocenters. The van der Waals surface area contributed by atoms with Gasteiger partial charge in [-0.15, -0.1) is 11.3 Å². The van der Waals surface area contributed by atoms with Crippen LogP contribution in [0.3, 0.4) is 0 Å². The Morgan fingerprint density at radius 2 is 2.05 bits per heavy atom. The van der Waals surface area contributed by atoms with E-state index < -0.39 is 0 Å². The Kier molecular flexibility index (Phi) is 3.68. The zero-order chi connectivity index (χ0) is 14.1. The largest absolute Gasteiger partial charge is 0.293 e. The highest BCUT2D eigenvalue weighted by Gasteiger charge is 2.12. The van der Waals surface area contributed by atoms with Crippen molar-refractivity contribution < 1.29 is 4.79 Å². The molecule has 3 rings (SSSR count). The van der Waals surface area contributed by atoms with Crippen LogP contribution in [0.15, 0.2) is 46.3 Å². The first-order valence-corrected chi connectivity index (χ1v) is 7.88. The number of hydrogen-bond donors (Lipinski definition) is 0. The van der Waals surface area contributed by atoms with Gasteiger partial charge in [-0.05, 0) is 46.6 Å². The van der Waals surface area contributed by atoms with Crippen LogP contribution < -0.4 is 0 Å². The number of thiophene rings is 1. The molecule has 2 heterocycles. The summed E-state index contributed by atoms with van der Waals surface area (Å²) in [6.07, 6.45) is 0.344. The fourth-order valence-electron chi connectivity index (χ4n) is 2.06. The van der Waals surface area contributed by atoms with Gasteiger partial charge in [-0.1, -0.05) is 24.3 Å². The minimum Gasteiger partial charge on any atom is -0.293 e. The Morgan fingerprint density at radius 1 is 1.25 bits per heavy atom. The third-order valence-corrected chi connectivity index (χ3v) is 5.31. The molecule has 2 aromatic heterocycles. The number of para-hydroxylation sites is 1. The molecule has 0 bridgehead atoms. The molecule has 0 spiro atoms. The van der Waals surface area contributed by atoms with Crippen molar-refractivity contribution in [1.29, 1.82) is 0 Å². The highest BCUT2D eigenvalue weighted by Crippen LogP contribution is 2.28. The van der Waals surface area contributed by atoms with Gasteiger partial charge in [0.05, 0.1) is 20.6 Å². The van der Waals surface area contributed by atoms with E-state index in [1.54, 1.807) is 0 Å². The molecular weight excluding hydrogens is 334 g/mol. The maximum absolute atomic E-state index is 12.3. The molecule has 0 fully saturated rings. The lowest BCUT2D eigenvalue weighted by atomic mass is 10.1. The monoisotopic (exact) mass is 345 g/mol. The highest BCUT2D eigenvalue weighted by atomic mass is 79.9. The number of pyridine rings is 1. The number of fused-ring (bicyclic) bond motifs is 1. The SMILES string of the molecule is Cc1cc(C(=O)Cc2ccc3ccccc3n2)sc1Br. The second-order valence-electron chi connectivity index (χ2n) is 4.66. The molecule has 0 unspecified atom stereocenters. The number of benzene rings is 1. The smallest absolute Gasteiger partial charge is 0.178 e. The second kappa shape index (κ2) is 5.46. The van der Waals surface area contributed by atoms with Gasteiger partial charge in [0.2, 0.25) is 0 Å². The lowest BCUT2D eigenvalue weighted by molar-refractivity contribution is 0.0996. The molecule has 3 aromatic rings. The number of nitrogens with zero attached hydrogens (tertiary/aromatic N) is 1. The quantitative estimate of drug-likeness (QED) is 0.638. The average molecular weight is 346 g/mol. The van der Waals surface area contributed by atoms with Gasteiger partial charge in [-0.2, -0.15) is 0 Å². The molecule has 2 nitrogen and oxygen atoms in total. The predicted molar refractivity (Wildman–Crippen MR) is 86.5 cm³/mol. The van der Waals surface area contributed by atoms with E-state index in [1.807, 2.05) is 49.4 Å². The van der Waals surface area contributed by atoms with Crippen molar-refractivity contribution >= 4 is 44.0 Å². The molecule has 0 saturated heterocycles. The van der Waals surface area contributed by atoms with E-state index in [1.165, 1.54) is 11.3 Å². The van der Waals surface area contributed by atoms with Crippen LogP contribution in [0.5, 0.6) is 0 Å². The Bertz CT molecular complexity index is 775. The molecular formula is C16H12BrNOS. The average Bonchev–Trinajstić information content (AvgIpc) is 2.79. The minimum atomic E-state index is 0.117. The number of rotatable bonds is 3. The highest BCUT2D eigenvalue weighted by molar-refractivity contribution is 9.11. The van der Waals surface area contributed by atoms with Crippen LogP contribution in [0.4, 0.5) is 0 Å². The van der Waals surface area contributed by atoms with Crippen LogP contribution >= 0.6 is 27.3 Å².